The van der Waals surface area contributed by atoms with Crippen molar-refractivity contribution in [3.8, 4) is 5.75 Å². The number of nitrogens with one attached hydrogen (secondary N) is 1. The average molecular weight is 667 g/mol. The van der Waals surface area contributed by atoms with Gasteiger partial charge in [0.25, 0.3) is 10.0 Å². The summed E-state index contributed by atoms with van der Waals surface area (Å²) in [6.07, 6.45) is 2.59. The number of halogens is 2. The third-order valence-electron chi connectivity index (χ3n) is 6.92. The van der Waals surface area contributed by atoms with Gasteiger partial charge in [0.15, 0.2) is 0 Å². The molecule has 0 aliphatic rings. The second-order valence-electron chi connectivity index (χ2n) is 9.83. The van der Waals surface area contributed by atoms with Crippen LogP contribution in [0, 0.1) is 0 Å². The van der Waals surface area contributed by atoms with Crippen molar-refractivity contribution in [1.82, 2.24) is 10.2 Å². The molecule has 0 radical (unpaired) electrons. The second kappa shape index (κ2) is 15.7. The molecule has 43 heavy (non-hydrogen) atoms. The van der Waals surface area contributed by atoms with E-state index in [0.717, 1.165) is 9.20 Å². The van der Waals surface area contributed by atoms with E-state index < -0.39 is 28.5 Å². The minimum atomic E-state index is -4.21. The predicted octanol–water partition coefficient (Wildman–Crippen LogP) is 6.64. The molecule has 2 amide bonds. The maximum atomic E-state index is 14.1. The highest BCUT2D eigenvalue weighted by molar-refractivity contribution is 7.98. The standard InChI is InChI=1S/C31H37Cl2N3O5S2/c1-6-21(3)34-31(38)22(4)35(19-27-28(32)9-8-10-29(27)33)30(37)20-36(23-11-13-24(14-12-23)41-7-2)43(39,40)26-17-15-25(42-5)16-18-26/h8-18,21-22H,6-7,19-20H2,1-5H3,(H,34,38)/t21-,22+/m0/s1. The van der Waals surface area contributed by atoms with E-state index in [1.54, 1.807) is 61.5 Å². The Kier molecular flexibility index (Phi) is 12.6. The molecule has 12 heteroatoms. The zero-order valence-electron chi connectivity index (χ0n) is 24.8. The van der Waals surface area contributed by atoms with Crippen molar-refractivity contribution in [1.29, 1.82) is 0 Å². The number of carbonyl (C=O) groups is 2. The Morgan fingerprint density at radius 3 is 2.09 bits per heavy atom. The molecule has 2 atom stereocenters. The molecule has 0 fully saturated rings. The number of thioether (sulfide) groups is 1. The van der Waals surface area contributed by atoms with Crippen LogP contribution in [0.2, 0.25) is 10.0 Å². The first-order valence-electron chi connectivity index (χ1n) is 13.8. The fourth-order valence-electron chi connectivity index (χ4n) is 4.18. The molecule has 0 aliphatic heterocycles. The molecular weight excluding hydrogens is 629 g/mol. The molecule has 0 unspecified atom stereocenters. The van der Waals surface area contributed by atoms with Crippen molar-refractivity contribution < 1.29 is 22.7 Å². The van der Waals surface area contributed by atoms with Crippen LogP contribution in [0.15, 0.2) is 76.5 Å². The number of sulfonamides is 1. The van der Waals surface area contributed by atoms with E-state index in [-0.39, 0.29) is 29.1 Å². The van der Waals surface area contributed by atoms with Crippen LogP contribution in [0.3, 0.4) is 0 Å². The molecule has 8 nitrogen and oxygen atoms in total. The normalized spacial score (nSPS) is 12.7. The maximum absolute atomic E-state index is 14.1. The van der Waals surface area contributed by atoms with Crippen LogP contribution >= 0.6 is 35.0 Å². The summed E-state index contributed by atoms with van der Waals surface area (Å²) in [5.74, 6) is -0.431. The van der Waals surface area contributed by atoms with Gasteiger partial charge < -0.3 is 15.0 Å². The highest BCUT2D eigenvalue weighted by Gasteiger charge is 2.33. The number of hydrogen-bond donors (Lipinski definition) is 1. The number of amides is 2. The van der Waals surface area contributed by atoms with Gasteiger partial charge in [0, 0.05) is 33.1 Å². The maximum Gasteiger partial charge on any atom is 0.264 e. The summed E-state index contributed by atoms with van der Waals surface area (Å²) in [6, 6.07) is 16.8. The molecule has 0 bridgehead atoms. The van der Waals surface area contributed by atoms with Gasteiger partial charge in [0.2, 0.25) is 11.8 Å². The number of nitrogens with zero attached hydrogens (tertiary/aromatic N) is 2. The highest BCUT2D eigenvalue weighted by atomic mass is 35.5. The zero-order chi connectivity index (χ0) is 31.7. The smallest absolute Gasteiger partial charge is 0.264 e. The zero-order valence-corrected chi connectivity index (χ0v) is 28.0. The first kappa shape index (κ1) is 34.6. The molecule has 232 valence electrons. The van der Waals surface area contributed by atoms with Crippen LogP contribution in [-0.4, -0.2) is 56.6 Å². The SMILES string of the molecule is CCOc1ccc(N(CC(=O)N(Cc2c(Cl)cccc2Cl)[C@H](C)C(=O)N[C@@H](C)CC)S(=O)(=O)c2ccc(SC)cc2)cc1. The van der Waals surface area contributed by atoms with Crippen LogP contribution in [0.5, 0.6) is 5.75 Å². The van der Waals surface area contributed by atoms with Gasteiger partial charge in [-0.3, -0.25) is 13.9 Å². The predicted molar refractivity (Wildman–Crippen MR) is 175 cm³/mol. The Morgan fingerprint density at radius 2 is 1.56 bits per heavy atom. The van der Waals surface area contributed by atoms with Crippen LogP contribution in [0.1, 0.15) is 39.7 Å². The summed E-state index contributed by atoms with van der Waals surface area (Å²) >= 11 is 14.4. The van der Waals surface area contributed by atoms with Gasteiger partial charge in [-0.2, -0.15) is 0 Å². The lowest BCUT2D eigenvalue weighted by Crippen LogP contribution is -2.52. The minimum Gasteiger partial charge on any atom is -0.494 e. The van der Waals surface area contributed by atoms with Crippen LogP contribution in [0.25, 0.3) is 0 Å². The first-order valence-corrected chi connectivity index (χ1v) is 17.3. The molecule has 0 aliphatic carbocycles. The number of anilines is 1. The number of benzene rings is 3. The molecule has 0 spiro atoms. The van der Waals surface area contributed by atoms with Crippen LogP contribution < -0.4 is 14.4 Å². The lowest BCUT2D eigenvalue weighted by molar-refractivity contribution is -0.139. The fourth-order valence-corrected chi connectivity index (χ4v) is 6.52. The van der Waals surface area contributed by atoms with E-state index in [2.05, 4.69) is 5.32 Å². The van der Waals surface area contributed by atoms with E-state index in [1.165, 1.54) is 28.8 Å². The molecule has 0 saturated heterocycles. The Labute approximate surface area is 268 Å². The minimum absolute atomic E-state index is 0.0234. The van der Waals surface area contributed by atoms with E-state index >= 15 is 0 Å². The molecule has 3 rings (SSSR count). The summed E-state index contributed by atoms with van der Waals surface area (Å²) in [5, 5.41) is 3.55. The summed E-state index contributed by atoms with van der Waals surface area (Å²) in [6.45, 7) is 7.00. The molecule has 0 aromatic heterocycles. The van der Waals surface area contributed by atoms with Gasteiger partial charge >= 0.3 is 0 Å². The molecule has 1 N–H and O–H groups in total. The first-order chi connectivity index (χ1) is 20.4. The topological polar surface area (TPSA) is 96.0 Å². The summed E-state index contributed by atoms with van der Waals surface area (Å²) in [7, 11) is -4.21. The van der Waals surface area contributed by atoms with Gasteiger partial charge in [0.05, 0.1) is 17.2 Å². The van der Waals surface area contributed by atoms with Crippen LogP contribution in [0.4, 0.5) is 5.69 Å². The molecule has 0 heterocycles. The Bertz CT molecular complexity index is 1480. The van der Waals surface area contributed by atoms with Crippen molar-refractivity contribution in [2.45, 2.75) is 62.5 Å². The van der Waals surface area contributed by atoms with Gasteiger partial charge in [-0.1, -0.05) is 36.2 Å². The van der Waals surface area contributed by atoms with E-state index in [9.17, 15) is 18.0 Å². The molecular formula is C31H37Cl2N3O5S2. The summed E-state index contributed by atoms with van der Waals surface area (Å²) < 4.78 is 34.7. The van der Waals surface area contributed by atoms with E-state index in [0.29, 0.717) is 34.4 Å². The van der Waals surface area contributed by atoms with Crippen molar-refractivity contribution in [3.63, 3.8) is 0 Å². The summed E-state index contributed by atoms with van der Waals surface area (Å²) in [4.78, 5) is 29.6. The monoisotopic (exact) mass is 665 g/mol. The quantitative estimate of drug-likeness (QED) is 0.194. The van der Waals surface area contributed by atoms with Gasteiger partial charge in [0.1, 0.15) is 18.3 Å². The molecule has 3 aromatic rings. The Balaban J connectivity index is 2.07. The van der Waals surface area contributed by atoms with Crippen molar-refractivity contribution in [2.75, 3.05) is 23.7 Å². The van der Waals surface area contributed by atoms with Gasteiger partial charge in [-0.25, -0.2) is 8.42 Å². The lowest BCUT2D eigenvalue weighted by Gasteiger charge is -2.33. The van der Waals surface area contributed by atoms with Crippen molar-refractivity contribution in [3.05, 3.63) is 82.3 Å². The van der Waals surface area contributed by atoms with E-state index in [1.807, 2.05) is 27.0 Å². The second-order valence-corrected chi connectivity index (χ2v) is 13.4. The third-order valence-corrected chi connectivity index (χ3v) is 10.2. The Morgan fingerprint density at radius 1 is 0.953 bits per heavy atom. The van der Waals surface area contributed by atoms with E-state index in [4.69, 9.17) is 27.9 Å². The largest absolute Gasteiger partial charge is 0.494 e. The average Bonchev–Trinajstić information content (AvgIpc) is 2.99. The van der Waals surface area contributed by atoms with Crippen LogP contribution in [-0.2, 0) is 26.2 Å². The van der Waals surface area contributed by atoms with Crippen molar-refractivity contribution >= 4 is 62.5 Å². The lowest BCUT2D eigenvalue weighted by atomic mass is 10.1. The molecule has 3 aromatic carbocycles. The van der Waals surface area contributed by atoms with Gasteiger partial charge in [-0.15, -0.1) is 11.8 Å². The summed E-state index contributed by atoms with van der Waals surface area (Å²) in [5.41, 5.74) is 0.712. The highest BCUT2D eigenvalue weighted by Crippen LogP contribution is 2.30. The number of hydrogen-bond acceptors (Lipinski definition) is 6. The van der Waals surface area contributed by atoms with Crippen molar-refractivity contribution in [2.24, 2.45) is 0 Å². The molecule has 0 saturated carbocycles. The Hall–Kier alpha value is -2.92. The number of ether oxygens (including phenoxy) is 1. The third kappa shape index (κ3) is 8.81. The fraction of sp³-hybridized carbons (Fsp3) is 0.355. The van der Waals surface area contributed by atoms with Gasteiger partial charge in [-0.05, 0) is 94.1 Å². The number of rotatable bonds is 14. The number of carbonyl (C=O) groups excluding carboxylic acids is 2.